The third-order valence-corrected chi connectivity index (χ3v) is 3.56. The summed E-state index contributed by atoms with van der Waals surface area (Å²) in [6.07, 6.45) is 1.32. The maximum Gasteiger partial charge on any atom is 0.243 e. The lowest BCUT2D eigenvalue weighted by atomic mass is 10.2. The molecule has 2 amide bonds. The van der Waals surface area contributed by atoms with Crippen LogP contribution >= 0.6 is 0 Å². The van der Waals surface area contributed by atoms with Crippen molar-refractivity contribution in [3.8, 4) is 5.75 Å². The zero-order valence-electron chi connectivity index (χ0n) is 15.2. The van der Waals surface area contributed by atoms with E-state index in [1.807, 2.05) is 44.2 Å². The number of para-hydroxylation sites is 2. The van der Waals surface area contributed by atoms with Gasteiger partial charge >= 0.3 is 0 Å². The summed E-state index contributed by atoms with van der Waals surface area (Å²) in [6, 6.07) is 14.6. The minimum atomic E-state index is -0.169. The molecule has 0 aliphatic rings. The predicted molar refractivity (Wildman–Crippen MR) is 105 cm³/mol. The first kappa shape index (κ1) is 19.3. The van der Waals surface area contributed by atoms with Gasteiger partial charge in [-0.25, -0.2) is 0 Å². The van der Waals surface area contributed by atoms with Crippen molar-refractivity contribution in [2.24, 2.45) is 0 Å². The molecule has 0 spiro atoms. The highest BCUT2D eigenvalue weighted by atomic mass is 16.5. The molecular formula is C20H25N3O3. The third-order valence-electron chi connectivity index (χ3n) is 3.56. The second-order valence-corrected chi connectivity index (χ2v) is 5.71. The third kappa shape index (κ3) is 6.12. The van der Waals surface area contributed by atoms with Crippen LogP contribution in [0.15, 0.2) is 48.5 Å². The molecule has 0 fully saturated rings. The van der Waals surface area contributed by atoms with Crippen LogP contribution in [0.2, 0.25) is 0 Å². The number of benzene rings is 2. The molecule has 0 unspecified atom stereocenters. The number of carbonyl (C=O) groups excluding carboxylic acids is 2. The first-order valence-electron chi connectivity index (χ1n) is 8.77. The molecule has 26 heavy (non-hydrogen) atoms. The van der Waals surface area contributed by atoms with Gasteiger partial charge in [-0.3, -0.25) is 9.59 Å². The van der Waals surface area contributed by atoms with E-state index in [-0.39, 0.29) is 18.4 Å². The summed E-state index contributed by atoms with van der Waals surface area (Å²) in [5.74, 6) is 0.480. The van der Waals surface area contributed by atoms with Gasteiger partial charge in [-0.2, -0.15) is 0 Å². The number of amides is 2. The Kier molecular flexibility index (Phi) is 7.49. The minimum absolute atomic E-state index is 0.000510. The molecule has 2 aromatic carbocycles. The Bertz CT molecular complexity index is 729. The Morgan fingerprint density at radius 3 is 2.27 bits per heavy atom. The van der Waals surface area contributed by atoms with Gasteiger partial charge in [-0.15, -0.1) is 0 Å². The Hall–Kier alpha value is -3.02. The zero-order valence-corrected chi connectivity index (χ0v) is 15.2. The molecule has 0 bridgehead atoms. The van der Waals surface area contributed by atoms with Gasteiger partial charge in [0.05, 0.1) is 18.8 Å². The molecule has 3 N–H and O–H groups in total. The van der Waals surface area contributed by atoms with Crippen LogP contribution in [0, 0.1) is 0 Å². The largest absolute Gasteiger partial charge is 0.492 e. The number of carbonyl (C=O) groups is 2. The van der Waals surface area contributed by atoms with Gasteiger partial charge in [-0.05, 0) is 49.7 Å². The van der Waals surface area contributed by atoms with Crippen LogP contribution in [-0.2, 0) is 9.59 Å². The number of ether oxygens (including phenoxy) is 1. The van der Waals surface area contributed by atoms with E-state index in [0.717, 1.165) is 17.8 Å². The summed E-state index contributed by atoms with van der Waals surface area (Å²) in [5.41, 5.74) is 2.19. The van der Waals surface area contributed by atoms with Crippen LogP contribution < -0.4 is 20.7 Å². The van der Waals surface area contributed by atoms with Gasteiger partial charge in [0, 0.05) is 17.8 Å². The molecule has 0 saturated carbocycles. The second kappa shape index (κ2) is 10.1. The van der Waals surface area contributed by atoms with Gasteiger partial charge < -0.3 is 20.7 Å². The van der Waals surface area contributed by atoms with Crippen LogP contribution in [-0.4, -0.2) is 25.0 Å². The monoisotopic (exact) mass is 355 g/mol. The molecule has 138 valence electrons. The first-order valence-corrected chi connectivity index (χ1v) is 8.77. The van der Waals surface area contributed by atoms with Crippen molar-refractivity contribution in [1.82, 2.24) is 0 Å². The highest BCUT2D eigenvalue weighted by molar-refractivity contribution is 5.95. The van der Waals surface area contributed by atoms with Crippen LogP contribution in [0.25, 0.3) is 0 Å². The van der Waals surface area contributed by atoms with E-state index in [4.69, 9.17) is 4.74 Å². The van der Waals surface area contributed by atoms with E-state index in [1.165, 1.54) is 0 Å². The van der Waals surface area contributed by atoms with E-state index in [0.29, 0.717) is 24.5 Å². The summed E-state index contributed by atoms with van der Waals surface area (Å²) >= 11 is 0. The molecule has 6 nitrogen and oxygen atoms in total. The standard InChI is InChI=1S/C20H25N3O3/c1-3-7-19(24)22-16-12-10-15(11-13-16)21-14-20(25)23-17-8-5-6-9-18(17)26-4-2/h5-6,8-13,21H,3-4,7,14H2,1-2H3,(H,22,24)(H,23,25). The van der Waals surface area contributed by atoms with Crippen molar-refractivity contribution in [2.75, 3.05) is 29.1 Å². The van der Waals surface area contributed by atoms with E-state index in [9.17, 15) is 9.59 Å². The fraction of sp³-hybridized carbons (Fsp3) is 0.300. The number of anilines is 3. The molecule has 2 aromatic rings. The van der Waals surface area contributed by atoms with Crippen molar-refractivity contribution in [3.05, 3.63) is 48.5 Å². The highest BCUT2D eigenvalue weighted by Gasteiger charge is 2.07. The lowest BCUT2D eigenvalue weighted by Gasteiger charge is -2.12. The Balaban J connectivity index is 1.85. The molecule has 6 heteroatoms. The normalized spacial score (nSPS) is 10.1. The molecule has 2 rings (SSSR count). The fourth-order valence-electron chi connectivity index (χ4n) is 2.35. The predicted octanol–water partition coefficient (Wildman–Crippen LogP) is 3.87. The lowest BCUT2D eigenvalue weighted by molar-refractivity contribution is -0.116. The Morgan fingerprint density at radius 2 is 1.58 bits per heavy atom. The van der Waals surface area contributed by atoms with Crippen molar-refractivity contribution in [1.29, 1.82) is 0 Å². The maximum absolute atomic E-state index is 12.1. The second-order valence-electron chi connectivity index (χ2n) is 5.71. The smallest absolute Gasteiger partial charge is 0.243 e. The topological polar surface area (TPSA) is 79.5 Å². The van der Waals surface area contributed by atoms with Gasteiger partial charge in [0.1, 0.15) is 5.75 Å². The summed E-state index contributed by atoms with van der Waals surface area (Å²) in [6.45, 7) is 4.52. The number of nitrogens with one attached hydrogen (secondary N) is 3. The van der Waals surface area contributed by atoms with Crippen molar-refractivity contribution in [2.45, 2.75) is 26.7 Å². The molecule has 0 aromatic heterocycles. The molecule has 0 aliphatic carbocycles. The average Bonchev–Trinajstić information content (AvgIpc) is 2.63. The van der Waals surface area contributed by atoms with Crippen LogP contribution in [0.1, 0.15) is 26.7 Å². The van der Waals surface area contributed by atoms with E-state index < -0.39 is 0 Å². The first-order chi connectivity index (χ1) is 12.6. The molecule has 0 saturated heterocycles. The van der Waals surface area contributed by atoms with Crippen molar-refractivity contribution >= 4 is 28.9 Å². The Labute approximate surface area is 153 Å². The average molecular weight is 355 g/mol. The van der Waals surface area contributed by atoms with E-state index in [2.05, 4.69) is 16.0 Å². The lowest BCUT2D eigenvalue weighted by Crippen LogP contribution is -2.22. The van der Waals surface area contributed by atoms with Crippen molar-refractivity contribution in [3.63, 3.8) is 0 Å². The molecule has 0 heterocycles. The SMILES string of the molecule is CCCC(=O)Nc1ccc(NCC(=O)Nc2ccccc2OCC)cc1. The molecular weight excluding hydrogens is 330 g/mol. The van der Waals surface area contributed by atoms with Gasteiger partial charge in [0.2, 0.25) is 11.8 Å². The maximum atomic E-state index is 12.1. The van der Waals surface area contributed by atoms with Crippen LogP contribution in [0.4, 0.5) is 17.1 Å². The van der Waals surface area contributed by atoms with Crippen molar-refractivity contribution < 1.29 is 14.3 Å². The summed E-state index contributed by atoms with van der Waals surface area (Å²) in [4.78, 5) is 23.7. The molecule has 0 aliphatic heterocycles. The summed E-state index contributed by atoms with van der Waals surface area (Å²) < 4.78 is 5.49. The number of rotatable bonds is 9. The highest BCUT2D eigenvalue weighted by Crippen LogP contribution is 2.23. The zero-order chi connectivity index (χ0) is 18.8. The van der Waals surface area contributed by atoms with Gasteiger partial charge in [0.25, 0.3) is 0 Å². The minimum Gasteiger partial charge on any atom is -0.492 e. The number of hydrogen-bond donors (Lipinski definition) is 3. The quantitative estimate of drug-likeness (QED) is 0.638. The van der Waals surface area contributed by atoms with E-state index >= 15 is 0 Å². The van der Waals surface area contributed by atoms with Crippen LogP contribution in [0.5, 0.6) is 5.75 Å². The van der Waals surface area contributed by atoms with Crippen LogP contribution in [0.3, 0.4) is 0 Å². The van der Waals surface area contributed by atoms with Gasteiger partial charge in [0.15, 0.2) is 0 Å². The van der Waals surface area contributed by atoms with Gasteiger partial charge in [-0.1, -0.05) is 19.1 Å². The van der Waals surface area contributed by atoms with E-state index in [1.54, 1.807) is 18.2 Å². The summed E-state index contributed by atoms with van der Waals surface area (Å²) in [7, 11) is 0. The molecule has 0 radical (unpaired) electrons. The summed E-state index contributed by atoms with van der Waals surface area (Å²) in [5, 5.41) is 8.72. The fourth-order valence-corrected chi connectivity index (χ4v) is 2.35. The molecule has 0 atom stereocenters. The Morgan fingerprint density at radius 1 is 0.885 bits per heavy atom. The number of hydrogen-bond acceptors (Lipinski definition) is 4.